The number of nitrogens with zero attached hydrogens (tertiary/aromatic N) is 6. The zero-order valence-corrected chi connectivity index (χ0v) is 18.3. The third kappa shape index (κ3) is 5.77. The first-order valence-corrected chi connectivity index (χ1v) is 10.3. The molecule has 30 heavy (non-hydrogen) atoms. The highest BCUT2D eigenvalue weighted by molar-refractivity contribution is 5.94. The van der Waals surface area contributed by atoms with Crippen LogP contribution in [0.5, 0.6) is 0 Å². The molecule has 1 amide bonds. The Balaban J connectivity index is 1.74. The number of carbonyl (C=O) groups is 1. The Morgan fingerprint density at radius 2 is 1.80 bits per heavy atom. The molecule has 0 spiro atoms. The van der Waals surface area contributed by atoms with Crippen molar-refractivity contribution in [3.05, 3.63) is 53.3 Å². The highest BCUT2D eigenvalue weighted by Gasteiger charge is 2.22. The molecule has 1 aromatic carbocycles. The molecular formula is C23H30N6O. The van der Waals surface area contributed by atoms with E-state index in [9.17, 15) is 10.1 Å². The predicted molar refractivity (Wildman–Crippen MR) is 117 cm³/mol. The second-order valence-corrected chi connectivity index (χ2v) is 9.06. The van der Waals surface area contributed by atoms with E-state index in [0.717, 1.165) is 38.3 Å². The number of likely N-dealkylation sites (N-methyl/N-ethyl adjacent to an activating group) is 1. The van der Waals surface area contributed by atoms with Crippen molar-refractivity contribution in [1.29, 1.82) is 5.26 Å². The number of rotatable bonds is 5. The Morgan fingerprint density at radius 3 is 2.40 bits per heavy atom. The highest BCUT2D eigenvalue weighted by Crippen LogP contribution is 2.21. The van der Waals surface area contributed by atoms with Gasteiger partial charge in [-0.25, -0.2) is 9.97 Å². The maximum Gasteiger partial charge on any atom is 0.253 e. The molecule has 1 aliphatic heterocycles. The third-order valence-electron chi connectivity index (χ3n) is 5.07. The number of piperazine rings is 1. The number of anilines is 1. The van der Waals surface area contributed by atoms with Crippen LogP contribution in [-0.2, 0) is 6.54 Å². The fourth-order valence-electron chi connectivity index (χ4n) is 3.50. The molecule has 0 bridgehead atoms. The minimum absolute atomic E-state index is 0.0311. The van der Waals surface area contributed by atoms with Crippen LogP contribution in [0.1, 0.15) is 42.4 Å². The van der Waals surface area contributed by atoms with Crippen LogP contribution in [0.2, 0.25) is 0 Å². The van der Waals surface area contributed by atoms with E-state index in [1.165, 1.54) is 0 Å². The molecule has 0 N–H and O–H groups in total. The van der Waals surface area contributed by atoms with Gasteiger partial charge in [0.15, 0.2) is 0 Å². The number of hydrogen-bond acceptors (Lipinski definition) is 6. The Morgan fingerprint density at radius 1 is 1.13 bits per heavy atom. The minimum atomic E-state index is 0.0311. The van der Waals surface area contributed by atoms with Crippen molar-refractivity contribution in [1.82, 2.24) is 19.8 Å². The molecular weight excluding hydrogens is 376 g/mol. The van der Waals surface area contributed by atoms with Gasteiger partial charge in [-0.1, -0.05) is 32.9 Å². The summed E-state index contributed by atoms with van der Waals surface area (Å²) in [5.41, 5.74) is 2.17. The molecule has 7 nitrogen and oxygen atoms in total. The third-order valence-corrected chi connectivity index (χ3v) is 5.07. The Labute approximate surface area is 178 Å². The first kappa shape index (κ1) is 21.7. The first-order valence-electron chi connectivity index (χ1n) is 10.3. The van der Waals surface area contributed by atoms with Gasteiger partial charge in [0.05, 0.1) is 0 Å². The van der Waals surface area contributed by atoms with E-state index < -0.39 is 0 Å². The van der Waals surface area contributed by atoms with E-state index >= 15 is 0 Å². The predicted octanol–water partition coefficient (Wildman–Crippen LogP) is 2.79. The van der Waals surface area contributed by atoms with Crippen LogP contribution in [0.25, 0.3) is 0 Å². The average molecular weight is 407 g/mol. The van der Waals surface area contributed by atoms with Crippen molar-refractivity contribution in [3.63, 3.8) is 0 Å². The quantitative estimate of drug-likeness (QED) is 0.760. The van der Waals surface area contributed by atoms with Gasteiger partial charge in [-0.2, -0.15) is 5.26 Å². The Kier molecular flexibility index (Phi) is 6.68. The van der Waals surface area contributed by atoms with Gasteiger partial charge in [0.25, 0.3) is 5.91 Å². The number of nitriles is 1. The lowest BCUT2D eigenvalue weighted by molar-refractivity contribution is 0.0664. The summed E-state index contributed by atoms with van der Waals surface area (Å²) in [5.74, 6) is 0.632. The molecule has 2 aromatic rings. The average Bonchev–Trinajstić information content (AvgIpc) is 2.73. The molecule has 7 heteroatoms. The lowest BCUT2D eigenvalue weighted by Gasteiger charge is -2.32. The lowest BCUT2D eigenvalue weighted by atomic mass is 9.96. The molecule has 0 unspecified atom stereocenters. The fraction of sp³-hybridized carbons (Fsp3) is 0.478. The van der Waals surface area contributed by atoms with Crippen molar-refractivity contribution in [2.75, 3.05) is 44.7 Å². The number of carbonyl (C=O) groups excluding carboxylic acids is 1. The Bertz CT molecular complexity index is 905. The molecule has 0 radical (unpaired) electrons. The van der Waals surface area contributed by atoms with Crippen LogP contribution < -0.4 is 4.90 Å². The molecule has 0 saturated carbocycles. The second kappa shape index (κ2) is 9.23. The van der Waals surface area contributed by atoms with Crippen molar-refractivity contribution in [2.24, 2.45) is 5.41 Å². The largest absolute Gasteiger partial charge is 0.336 e. The summed E-state index contributed by atoms with van der Waals surface area (Å²) < 4.78 is 0. The second-order valence-electron chi connectivity index (χ2n) is 9.06. The minimum Gasteiger partial charge on any atom is -0.336 e. The van der Waals surface area contributed by atoms with Crippen molar-refractivity contribution >= 4 is 11.9 Å². The van der Waals surface area contributed by atoms with Gasteiger partial charge in [0.1, 0.15) is 11.8 Å². The zero-order valence-electron chi connectivity index (χ0n) is 18.3. The van der Waals surface area contributed by atoms with Gasteiger partial charge < -0.3 is 14.7 Å². The highest BCUT2D eigenvalue weighted by atomic mass is 16.2. The van der Waals surface area contributed by atoms with Gasteiger partial charge in [0.2, 0.25) is 5.95 Å². The van der Waals surface area contributed by atoms with Crippen molar-refractivity contribution in [2.45, 2.75) is 27.3 Å². The van der Waals surface area contributed by atoms with E-state index in [2.05, 4.69) is 53.7 Å². The summed E-state index contributed by atoms with van der Waals surface area (Å²) in [5, 5.41) is 9.17. The van der Waals surface area contributed by atoms with Crippen molar-refractivity contribution < 1.29 is 4.79 Å². The summed E-state index contributed by atoms with van der Waals surface area (Å²) >= 11 is 0. The fourth-order valence-corrected chi connectivity index (χ4v) is 3.50. The molecule has 1 aromatic heterocycles. The van der Waals surface area contributed by atoms with Gasteiger partial charge in [-0.05, 0) is 36.2 Å². The number of benzene rings is 1. The van der Waals surface area contributed by atoms with Gasteiger partial charge in [0, 0.05) is 51.0 Å². The summed E-state index contributed by atoms with van der Waals surface area (Å²) in [6.07, 6.45) is 1.62. The molecule has 1 aliphatic rings. The van der Waals surface area contributed by atoms with Gasteiger partial charge in [-0.3, -0.25) is 4.79 Å². The van der Waals surface area contributed by atoms with Gasteiger partial charge in [-0.15, -0.1) is 0 Å². The maximum atomic E-state index is 12.8. The van der Waals surface area contributed by atoms with Gasteiger partial charge >= 0.3 is 0 Å². The number of amides is 1. The zero-order chi connectivity index (χ0) is 21.7. The maximum absolute atomic E-state index is 12.8. The molecule has 0 atom stereocenters. The topological polar surface area (TPSA) is 76.4 Å². The van der Waals surface area contributed by atoms with Crippen LogP contribution in [0.4, 0.5) is 5.95 Å². The number of aromatic nitrogens is 2. The van der Waals surface area contributed by atoms with E-state index in [-0.39, 0.29) is 11.3 Å². The summed E-state index contributed by atoms with van der Waals surface area (Å²) in [6.45, 7) is 11.2. The van der Waals surface area contributed by atoms with Crippen LogP contribution in [0.3, 0.4) is 0 Å². The van der Waals surface area contributed by atoms with E-state index in [1.54, 1.807) is 12.3 Å². The van der Waals surface area contributed by atoms with Crippen LogP contribution in [0, 0.1) is 16.7 Å². The Hall–Kier alpha value is -2.98. The standard InChI is InChI=1S/C23H30N6O/c1-23(2,3)17-29(22-25-10-9-20(15-24)26-22)16-18-5-7-19(8-6-18)21(30)28-13-11-27(4)12-14-28/h5-10H,11-14,16-17H2,1-4H3. The van der Waals surface area contributed by atoms with E-state index in [4.69, 9.17) is 0 Å². The normalized spacial score (nSPS) is 15.0. The summed E-state index contributed by atoms with van der Waals surface area (Å²) in [6, 6.07) is 11.5. The lowest BCUT2D eigenvalue weighted by Crippen LogP contribution is -2.47. The van der Waals surface area contributed by atoms with E-state index in [1.807, 2.05) is 29.2 Å². The smallest absolute Gasteiger partial charge is 0.253 e. The molecule has 3 rings (SSSR count). The molecule has 2 heterocycles. The SMILES string of the molecule is CN1CCN(C(=O)c2ccc(CN(CC(C)(C)C)c3nccc(C#N)n3)cc2)CC1. The summed E-state index contributed by atoms with van der Waals surface area (Å²) in [4.78, 5) is 27.8. The van der Waals surface area contributed by atoms with Crippen LogP contribution in [0.15, 0.2) is 36.5 Å². The monoisotopic (exact) mass is 406 g/mol. The van der Waals surface area contributed by atoms with Crippen LogP contribution >= 0.6 is 0 Å². The van der Waals surface area contributed by atoms with E-state index in [0.29, 0.717) is 23.8 Å². The van der Waals surface area contributed by atoms with Crippen LogP contribution in [-0.4, -0.2) is 65.4 Å². The molecule has 1 fully saturated rings. The molecule has 0 aliphatic carbocycles. The molecule has 1 saturated heterocycles. The summed E-state index contributed by atoms with van der Waals surface area (Å²) in [7, 11) is 2.08. The first-order chi connectivity index (χ1) is 14.2. The van der Waals surface area contributed by atoms with Crippen molar-refractivity contribution in [3.8, 4) is 6.07 Å². The molecule has 158 valence electrons. The number of hydrogen-bond donors (Lipinski definition) is 0.